The molecular weight excluding hydrogens is 498 g/mol. The Labute approximate surface area is 238 Å². The van der Waals surface area contributed by atoms with Gasteiger partial charge in [0.15, 0.2) is 0 Å². The lowest BCUT2D eigenvalue weighted by molar-refractivity contribution is 1.19. The molecule has 0 unspecified atom stereocenters. The van der Waals surface area contributed by atoms with E-state index in [-0.39, 0.29) is 0 Å². The first kappa shape index (κ1) is 23.4. The summed E-state index contributed by atoms with van der Waals surface area (Å²) in [7, 11) is 0. The lowest BCUT2D eigenvalue weighted by atomic mass is 9.99. The molecular formula is C38H25N3. The molecule has 0 radical (unpaired) electrons. The van der Waals surface area contributed by atoms with Crippen molar-refractivity contribution < 1.29 is 0 Å². The van der Waals surface area contributed by atoms with E-state index in [0.29, 0.717) is 0 Å². The quantitative estimate of drug-likeness (QED) is 0.230. The zero-order valence-corrected chi connectivity index (χ0v) is 22.3. The van der Waals surface area contributed by atoms with Crippen LogP contribution in [0.25, 0.3) is 71.6 Å². The van der Waals surface area contributed by atoms with Crippen molar-refractivity contribution in [3.05, 3.63) is 152 Å². The van der Waals surface area contributed by atoms with E-state index in [0.717, 1.165) is 16.8 Å². The first-order valence-electron chi connectivity index (χ1n) is 13.8. The van der Waals surface area contributed by atoms with Crippen molar-refractivity contribution >= 4 is 32.6 Å². The zero-order valence-electron chi connectivity index (χ0n) is 22.3. The number of rotatable bonds is 4. The second-order valence-electron chi connectivity index (χ2n) is 10.4. The second-order valence-corrected chi connectivity index (χ2v) is 10.4. The van der Waals surface area contributed by atoms with Crippen LogP contribution in [-0.2, 0) is 0 Å². The van der Waals surface area contributed by atoms with E-state index in [9.17, 15) is 0 Å². The van der Waals surface area contributed by atoms with E-state index >= 15 is 0 Å². The molecule has 3 heteroatoms. The van der Waals surface area contributed by atoms with Gasteiger partial charge >= 0.3 is 0 Å². The van der Waals surface area contributed by atoms with E-state index in [2.05, 4.69) is 136 Å². The lowest BCUT2D eigenvalue weighted by Crippen LogP contribution is -1.95. The van der Waals surface area contributed by atoms with Crippen molar-refractivity contribution in [1.29, 1.82) is 0 Å². The van der Waals surface area contributed by atoms with Crippen molar-refractivity contribution in [2.24, 2.45) is 0 Å². The number of benzene rings is 5. The summed E-state index contributed by atoms with van der Waals surface area (Å²) in [5.41, 5.74) is 10.6. The highest BCUT2D eigenvalue weighted by Crippen LogP contribution is 2.39. The predicted molar refractivity (Wildman–Crippen MR) is 170 cm³/mol. The minimum Gasteiger partial charge on any atom is -0.309 e. The summed E-state index contributed by atoms with van der Waals surface area (Å²) in [4.78, 5) is 8.56. The average molecular weight is 524 g/mol. The van der Waals surface area contributed by atoms with Crippen molar-refractivity contribution in [2.45, 2.75) is 0 Å². The van der Waals surface area contributed by atoms with Gasteiger partial charge in [0.25, 0.3) is 0 Å². The number of pyridine rings is 2. The van der Waals surface area contributed by atoms with E-state index in [1.807, 2.05) is 30.9 Å². The van der Waals surface area contributed by atoms with Crippen molar-refractivity contribution in [2.75, 3.05) is 0 Å². The molecule has 0 saturated carbocycles. The number of fused-ring (bicyclic) bond motifs is 5. The Balaban J connectivity index is 1.40. The minimum absolute atomic E-state index is 1.11. The van der Waals surface area contributed by atoms with E-state index in [4.69, 9.17) is 0 Å². The molecule has 3 aromatic heterocycles. The molecule has 0 bridgehead atoms. The SMILES string of the molecule is c1ccc(-c2ccc(-n3c4cc(-c5cccnc5)ccc4c4ccc5cc(-c6ccncc6)ccc5c43)cc2)cc1. The molecule has 3 heterocycles. The van der Waals surface area contributed by atoms with Gasteiger partial charge in [-0.3, -0.25) is 9.97 Å². The van der Waals surface area contributed by atoms with E-state index < -0.39 is 0 Å². The highest BCUT2D eigenvalue weighted by molar-refractivity contribution is 6.19. The van der Waals surface area contributed by atoms with Crippen LogP contribution >= 0.6 is 0 Å². The zero-order chi connectivity index (χ0) is 27.2. The van der Waals surface area contributed by atoms with Gasteiger partial charge in [0, 0.05) is 52.2 Å². The summed E-state index contributed by atoms with van der Waals surface area (Å²) < 4.78 is 2.42. The number of hydrogen-bond donors (Lipinski definition) is 0. The third kappa shape index (κ3) is 3.98. The molecule has 0 atom stereocenters. The van der Waals surface area contributed by atoms with Gasteiger partial charge in [0.2, 0.25) is 0 Å². The monoisotopic (exact) mass is 523 g/mol. The van der Waals surface area contributed by atoms with Crippen LogP contribution in [0.2, 0.25) is 0 Å². The fraction of sp³-hybridized carbons (Fsp3) is 0. The maximum Gasteiger partial charge on any atom is 0.0619 e. The highest BCUT2D eigenvalue weighted by Gasteiger charge is 2.17. The van der Waals surface area contributed by atoms with Crippen LogP contribution in [0.1, 0.15) is 0 Å². The molecule has 8 rings (SSSR count). The molecule has 8 aromatic rings. The first-order chi connectivity index (χ1) is 20.3. The maximum absolute atomic E-state index is 4.37. The molecule has 3 nitrogen and oxygen atoms in total. The second kappa shape index (κ2) is 9.58. The smallest absolute Gasteiger partial charge is 0.0619 e. The Bertz CT molecular complexity index is 2160. The molecule has 0 aliphatic carbocycles. The van der Waals surface area contributed by atoms with E-state index in [1.54, 1.807) is 0 Å². The lowest BCUT2D eigenvalue weighted by Gasteiger charge is -2.12. The maximum atomic E-state index is 4.37. The van der Waals surface area contributed by atoms with Crippen LogP contribution in [0.3, 0.4) is 0 Å². The number of nitrogens with zero attached hydrogens (tertiary/aromatic N) is 3. The first-order valence-corrected chi connectivity index (χ1v) is 13.8. The van der Waals surface area contributed by atoms with Crippen LogP contribution in [0.4, 0.5) is 0 Å². The van der Waals surface area contributed by atoms with E-state index in [1.165, 1.54) is 54.8 Å². The van der Waals surface area contributed by atoms with Crippen molar-refractivity contribution in [1.82, 2.24) is 14.5 Å². The summed E-state index contributed by atoms with van der Waals surface area (Å²) in [5, 5.41) is 4.92. The van der Waals surface area contributed by atoms with Crippen LogP contribution < -0.4 is 0 Å². The fourth-order valence-electron chi connectivity index (χ4n) is 5.98. The van der Waals surface area contributed by atoms with Gasteiger partial charge in [-0.1, -0.05) is 84.9 Å². The van der Waals surface area contributed by atoms with Crippen LogP contribution in [0, 0.1) is 0 Å². The standard InChI is InChI=1S/C38H25N3/c1-2-5-26(6-3-1)27-8-13-33(14-9-27)41-37-24-30(32-7-4-20-40-25-32)11-16-35(37)36-17-12-31-23-29(10-15-34(31)38(36)41)28-18-21-39-22-19-28/h1-25H. The third-order valence-electron chi connectivity index (χ3n) is 7.98. The average Bonchev–Trinajstić information content (AvgIpc) is 3.40. The van der Waals surface area contributed by atoms with Crippen molar-refractivity contribution in [3.8, 4) is 39.1 Å². The summed E-state index contributed by atoms with van der Waals surface area (Å²) in [6.07, 6.45) is 7.44. The fourth-order valence-corrected chi connectivity index (χ4v) is 5.98. The predicted octanol–water partition coefficient (Wildman–Crippen LogP) is 9.73. The molecule has 0 aliphatic rings. The summed E-state index contributed by atoms with van der Waals surface area (Å²) in [5.74, 6) is 0. The molecule has 0 aliphatic heterocycles. The van der Waals surface area contributed by atoms with Crippen LogP contribution in [-0.4, -0.2) is 14.5 Å². The molecule has 5 aromatic carbocycles. The van der Waals surface area contributed by atoms with Crippen molar-refractivity contribution in [3.63, 3.8) is 0 Å². The number of aromatic nitrogens is 3. The largest absolute Gasteiger partial charge is 0.309 e. The Morgan fingerprint density at radius 3 is 1.85 bits per heavy atom. The summed E-state index contributed by atoms with van der Waals surface area (Å²) >= 11 is 0. The van der Waals surface area contributed by atoms with Gasteiger partial charge in [-0.25, -0.2) is 0 Å². The Morgan fingerprint density at radius 2 is 1.07 bits per heavy atom. The Morgan fingerprint density at radius 1 is 0.415 bits per heavy atom. The topological polar surface area (TPSA) is 30.7 Å². The van der Waals surface area contributed by atoms with Crippen LogP contribution in [0.5, 0.6) is 0 Å². The molecule has 0 N–H and O–H groups in total. The van der Waals surface area contributed by atoms with Gasteiger partial charge in [-0.05, 0) is 75.7 Å². The number of hydrogen-bond acceptors (Lipinski definition) is 2. The third-order valence-corrected chi connectivity index (χ3v) is 7.98. The normalized spacial score (nSPS) is 11.4. The highest BCUT2D eigenvalue weighted by atomic mass is 15.0. The summed E-state index contributed by atoms with van der Waals surface area (Å²) in [6, 6.07) is 45.7. The molecule has 0 saturated heterocycles. The minimum atomic E-state index is 1.11. The van der Waals surface area contributed by atoms with Gasteiger partial charge in [0.1, 0.15) is 0 Å². The molecule has 192 valence electrons. The molecule has 0 spiro atoms. The van der Waals surface area contributed by atoms with Gasteiger partial charge in [0.05, 0.1) is 11.0 Å². The van der Waals surface area contributed by atoms with Gasteiger partial charge in [-0.15, -0.1) is 0 Å². The molecule has 0 fully saturated rings. The van der Waals surface area contributed by atoms with Crippen LogP contribution in [0.15, 0.2) is 152 Å². The molecule has 41 heavy (non-hydrogen) atoms. The van der Waals surface area contributed by atoms with Gasteiger partial charge in [-0.2, -0.15) is 0 Å². The summed E-state index contributed by atoms with van der Waals surface area (Å²) in [6.45, 7) is 0. The Kier molecular flexibility index (Phi) is 5.46. The Hall–Kier alpha value is -5.54. The molecule has 0 amide bonds. The van der Waals surface area contributed by atoms with Gasteiger partial charge < -0.3 is 4.57 Å².